The topological polar surface area (TPSA) is 58.1 Å². The van der Waals surface area contributed by atoms with Crippen LogP contribution in [0, 0.1) is 0 Å². The van der Waals surface area contributed by atoms with Gasteiger partial charge in [0.25, 0.3) is 0 Å². The van der Waals surface area contributed by atoms with Crippen LogP contribution in [0.25, 0.3) is 0 Å². The highest BCUT2D eigenvalue weighted by molar-refractivity contribution is 5.65. The molecule has 2 N–H and O–H groups in total. The molecule has 0 aliphatic carbocycles. The van der Waals surface area contributed by atoms with E-state index in [2.05, 4.69) is 34.4 Å². The van der Waals surface area contributed by atoms with E-state index in [4.69, 9.17) is 9.47 Å². The van der Waals surface area contributed by atoms with Crippen molar-refractivity contribution in [2.24, 2.45) is 4.99 Å². The fourth-order valence-electron chi connectivity index (χ4n) is 2.59. The summed E-state index contributed by atoms with van der Waals surface area (Å²) in [7, 11) is 0. The second kappa shape index (κ2) is 9.48. The third kappa shape index (κ3) is 6.00. The predicted molar refractivity (Wildman–Crippen MR) is 84.8 cm³/mol. The van der Waals surface area contributed by atoms with Gasteiger partial charge in [0.05, 0.1) is 32.2 Å². The second-order valence-corrected chi connectivity index (χ2v) is 5.72. The molecule has 0 spiro atoms. The normalized spacial score (nSPS) is 30.7. The molecule has 2 unspecified atom stereocenters. The van der Waals surface area contributed by atoms with Gasteiger partial charge in [0.1, 0.15) is 6.10 Å². The Labute approximate surface area is 128 Å². The maximum atomic E-state index is 6.02. The monoisotopic (exact) mass is 298 g/mol. The molecular formula is C15H30N4O2. The second-order valence-electron chi connectivity index (χ2n) is 5.72. The Morgan fingerprint density at radius 3 is 3.00 bits per heavy atom. The Hall–Kier alpha value is -0.530. The highest BCUT2D eigenvalue weighted by Gasteiger charge is 2.25. The summed E-state index contributed by atoms with van der Waals surface area (Å²) in [6.45, 7) is 10.7. The standard InChI is InChI=1S/C15H30N4O2/c1-3-4-5-16-15-14(12-17-13(2)18-15)21-11-8-19-6-9-20-10-7-19/h12-16,18H,3-11H2,1-2H3/t13?,14-,15?/m0/s1. The Kier molecular flexibility index (Phi) is 7.60. The van der Waals surface area contributed by atoms with Gasteiger partial charge in [0.2, 0.25) is 0 Å². The lowest BCUT2D eigenvalue weighted by molar-refractivity contribution is 0.00462. The molecular weight excluding hydrogens is 268 g/mol. The Balaban J connectivity index is 1.71. The average Bonchev–Trinajstić information content (AvgIpc) is 2.51. The molecule has 0 amide bonds. The number of hydrogen-bond donors (Lipinski definition) is 2. The maximum Gasteiger partial charge on any atom is 0.121 e. The zero-order valence-electron chi connectivity index (χ0n) is 13.4. The zero-order chi connectivity index (χ0) is 14.9. The number of nitrogens with zero attached hydrogens (tertiary/aromatic N) is 2. The number of rotatable bonds is 8. The largest absolute Gasteiger partial charge is 0.379 e. The lowest BCUT2D eigenvalue weighted by atomic mass is 10.2. The zero-order valence-corrected chi connectivity index (χ0v) is 13.4. The van der Waals surface area contributed by atoms with Crippen LogP contribution in [0.1, 0.15) is 26.7 Å². The molecule has 122 valence electrons. The van der Waals surface area contributed by atoms with E-state index in [1.807, 2.05) is 6.21 Å². The Morgan fingerprint density at radius 2 is 2.24 bits per heavy atom. The molecule has 0 bridgehead atoms. The molecule has 3 atom stereocenters. The average molecular weight is 298 g/mol. The number of ether oxygens (including phenoxy) is 2. The number of nitrogens with one attached hydrogen (secondary N) is 2. The van der Waals surface area contributed by atoms with E-state index in [1.54, 1.807) is 0 Å². The molecule has 2 aliphatic rings. The van der Waals surface area contributed by atoms with E-state index < -0.39 is 0 Å². The van der Waals surface area contributed by atoms with Gasteiger partial charge in [-0.1, -0.05) is 13.3 Å². The van der Waals surface area contributed by atoms with E-state index in [1.165, 1.54) is 12.8 Å². The quantitative estimate of drug-likeness (QED) is 0.637. The van der Waals surface area contributed by atoms with Crippen LogP contribution in [-0.4, -0.2) is 75.5 Å². The van der Waals surface area contributed by atoms with Crippen LogP contribution in [0.2, 0.25) is 0 Å². The van der Waals surface area contributed by atoms with Crippen LogP contribution in [0.15, 0.2) is 4.99 Å². The minimum absolute atomic E-state index is 0.0131. The van der Waals surface area contributed by atoms with Crippen molar-refractivity contribution < 1.29 is 9.47 Å². The van der Waals surface area contributed by atoms with E-state index in [0.29, 0.717) is 0 Å². The molecule has 6 nitrogen and oxygen atoms in total. The molecule has 21 heavy (non-hydrogen) atoms. The van der Waals surface area contributed by atoms with Crippen molar-refractivity contribution in [2.45, 2.75) is 45.1 Å². The van der Waals surface area contributed by atoms with Crippen LogP contribution < -0.4 is 10.6 Å². The first-order valence-electron chi connectivity index (χ1n) is 8.24. The Bertz CT molecular complexity index is 308. The van der Waals surface area contributed by atoms with Crippen LogP contribution >= 0.6 is 0 Å². The lowest BCUT2D eigenvalue weighted by Crippen LogP contribution is -2.57. The minimum atomic E-state index is 0.0131. The van der Waals surface area contributed by atoms with E-state index in [0.717, 1.165) is 46.0 Å². The summed E-state index contributed by atoms with van der Waals surface area (Å²) in [5.41, 5.74) is 0. The van der Waals surface area contributed by atoms with Crippen molar-refractivity contribution in [3.63, 3.8) is 0 Å². The highest BCUT2D eigenvalue weighted by Crippen LogP contribution is 2.05. The van der Waals surface area contributed by atoms with Crippen LogP contribution in [0.3, 0.4) is 0 Å². The van der Waals surface area contributed by atoms with Crippen molar-refractivity contribution in [2.75, 3.05) is 46.0 Å². The summed E-state index contributed by atoms with van der Waals surface area (Å²) in [5, 5.41) is 6.98. The first-order chi connectivity index (χ1) is 10.3. The number of unbranched alkanes of at least 4 members (excludes halogenated alkanes) is 1. The number of aliphatic imine (C=N–C) groups is 1. The molecule has 1 fully saturated rings. The lowest BCUT2D eigenvalue weighted by Gasteiger charge is -2.33. The van der Waals surface area contributed by atoms with Crippen molar-refractivity contribution in [3.8, 4) is 0 Å². The molecule has 0 saturated carbocycles. The van der Waals surface area contributed by atoms with Crippen molar-refractivity contribution in [1.82, 2.24) is 15.5 Å². The molecule has 2 rings (SSSR count). The fraction of sp³-hybridized carbons (Fsp3) is 0.933. The first kappa shape index (κ1) is 16.8. The van der Waals surface area contributed by atoms with Crippen molar-refractivity contribution in [1.29, 1.82) is 0 Å². The van der Waals surface area contributed by atoms with Crippen LogP contribution in [0.4, 0.5) is 0 Å². The van der Waals surface area contributed by atoms with Gasteiger partial charge in [-0.05, 0) is 19.9 Å². The molecule has 0 aromatic heterocycles. The third-order valence-corrected chi connectivity index (χ3v) is 3.92. The van der Waals surface area contributed by atoms with E-state index in [9.17, 15) is 0 Å². The number of morpholine rings is 1. The fourth-order valence-corrected chi connectivity index (χ4v) is 2.59. The van der Waals surface area contributed by atoms with Gasteiger partial charge in [0.15, 0.2) is 0 Å². The predicted octanol–water partition coefficient (Wildman–Crippen LogP) is 0.440. The summed E-state index contributed by atoms with van der Waals surface area (Å²) >= 11 is 0. The van der Waals surface area contributed by atoms with Crippen LogP contribution in [-0.2, 0) is 9.47 Å². The summed E-state index contributed by atoms with van der Waals surface area (Å²) in [5.74, 6) is 0. The summed E-state index contributed by atoms with van der Waals surface area (Å²) in [6, 6.07) is 0. The minimum Gasteiger partial charge on any atom is -0.379 e. The number of hydrogen-bond acceptors (Lipinski definition) is 6. The summed E-state index contributed by atoms with van der Waals surface area (Å²) in [4.78, 5) is 6.81. The molecule has 2 heterocycles. The molecule has 1 saturated heterocycles. The van der Waals surface area contributed by atoms with Gasteiger partial charge in [-0.3, -0.25) is 20.5 Å². The van der Waals surface area contributed by atoms with Gasteiger partial charge in [-0.2, -0.15) is 0 Å². The van der Waals surface area contributed by atoms with Gasteiger partial charge in [-0.25, -0.2) is 0 Å². The van der Waals surface area contributed by atoms with Gasteiger partial charge in [0, 0.05) is 25.8 Å². The highest BCUT2D eigenvalue weighted by atomic mass is 16.5. The first-order valence-corrected chi connectivity index (χ1v) is 8.24. The Morgan fingerprint density at radius 1 is 1.43 bits per heavy atom. The molecule has 0 aromatic carbocycles. The van der Waals surface area contributed by atoms with E-state index in [-0.39, 0.29) is 18.4 Å². The van der Waals surface area contributed by atoms with Gasteiger partial charge < -0.3 is 9.47 Å². The molecule has 0 radical (unpaired) electrons. The SMILES string of the molecule is CCCCNC1NC(C)N=C[C@@H]1OCCN1CCOCC1. The van der Waals surface area contributed by atoms with Crippen molar-refractivity contribution >= 4 is 6.21 Å². The summed E-state index contributed by atoms with van der Waals surface area (Å²) in [6.07, 6.45) is 4.66. The van der Waals surface area contributed by atoms with Crippen LogP contribution in [0.5, 0.6) is 0 Å². The molecule has 0 aromatic rings. The molecule has 2 aliphatic heterocycles. The van der Waals surface area contributed by atoms with Gasteiger partial charge in [-0.15, -0.1) is 0 Å². The smallest absolute Gasteiger partial charge is 0.121 e. The van der Waals surface area contributed by atoms with Gasteiger partial charge >= 0.3 is 0 Å². The maximum absolute atomic E-state index is 6.02. The third-order valence-electron chi connectivity index (χ3n) is 3.92. The molecule has 6 heteroatoms. The van der Waals surface area contributed by atoms with Crippen molar-refractivity contribution in [3.05, 3.63) is 0 Å². The summed E-state index contributed by atoms with van der Waals surface area (Å²) < 4.78 is 11.4. The van der Waals surface area contributed by atoms with E-state index >= 15 is 0 Å².